The van der Waals surface area contributed by atoms with Crippen LogP contribution < -0.4 is 19.8 Å². The van der Waals surface area contributed by atoms with Gasteiger partial charge in [0, 0.05) is 64.1 Å². The summed E-state index contributed by atoms with van der Waals surface area (Å²) in [5.74, 6) is 0.601. The molecule has 36 heavy (non-hydrogen) atoms. The van der Waals surface area contributed by atoms with E-state index in [0.29, 0.717) is 24.6 Å². The zero-order valence-electron chi connectivity index (χ0n) is 21.7. The number of sulfonamides is 1. The number of amides is 1. The van der Waals surface area contributed by atoms with Gasteiger partial charge in [-0.25, -0.2) is 18.1 Å². The predicted molar refractivity (Wildman–Crippen MR) is 144 cm³/mol. The first-order valence-electron chi connectivity index (χ1n) is 12.4. The number of hydrogen-bond donors (Lipinski definition) is 2. The Labute approximate surface area is 214 Å². The molecule has 196 valence electrons. The van der Waals surface area contributed by atoms with E-state index in [9.17, 15) is 13.2 Å². The van der Waals surface area contributed by atoms with Gasteiger partial charge in [0.05, 0.1) is 22.5 Å². The summed E-state index contributed by atoms with van der Waals surface area (Å²) in [5, 5.41) is 3.23. The van der Waals surface area contributed by atoms with E-state index in [1.807, 2.05) is 19.1 Å². The number of pyridine rings is 1. The topological polar surface area (TPSA) is 101 Å². The van der Waals surface area contributed by atoms with Crippen molar-refractivity contribution in [2.45, 2.75) is 37.8 Å². The molecule has 0 saturated carbocycles. The summed E-state index contributed by atoms with van der Waals surface area (Å²) in [6, 6.07) is 8.46. The van der Waals surface area contributed by atoms with Crippen molar-refractivity contribution in [2.24, 2.45) is 0 Å². The fourth-order valence-electron chi connectivity index (χ4n) is 4.80. The molecule has 3 heterocycles. The Balaban J connectivity index is 1.47. The summed E-state index contributed by atoms with van der Waals surface area (Å²) in [7, 11) is 0.216. The van der Waals surface area contributed by atoms with Crippen molar-refractivity contribution in [3.8, 4) is 0 Å². The van der Waals surface area contributed by atoms with E-state index in [1.54, 1.807) is 36.3 Å². The molecule has 1 fully saturated rings. The molecular weight excluding hydrogens is 478 g/mol. The molecule has 0 aliphatic carbocycles. The second-order valence-corrected chi connectivity index (χ2v) is 11.6. The van der Waals surface area contributed by atoms with Crippen LogP contribution in [0.5, 0.6) is 0 Å². The molecule has 10 nitrogen and oxygen atoms in total. The first-order chi connectivity index (χ1) is 17.1. The molecule has 1 saturated heterocycles. The number of piperazine rings is 1. The van der Waals surface area contributed by atoms with E-state index < -0.39 is 10.0 Å². The molecule has 0 spiro atoms. The van der Waals surface area contributed by atoms with Gasteiger partial charge in [-0.3, -0.25) is 9.69 Å². The molecule has 1 aromatic carbocycles. The third-order valence-electron chi connectivity index (χ3n) is 6.90. The maximum atomic E-state index is 12.9. The lowest BCUT2D eigenvalue weighted by Gasteiger charge is -2.42. The van der Waals surface area contributed by atoms with Gasteiger partial charge in [0.1, 0.15) is 11.9 Å². The second-order valence-electron chi connectivity index (χ2n) is 9.83. The van der Waals surface area contributed by atoms with Crippen LogP contribution in [0.2, 0.25) is 0 Å². The molecule has 11 heteroatoms. The van der Waals surface area contributed by atoms with E-state index >= 15 is 0 Å². The molecule has 1 amide bonds. The predicted octanol–water partition coefficient (Wildman–Crippen LogP) is 1.93. The average Bonchev–Trinajstić information content (AvgIpc) is 2.84. The van der Waals surface area contributed by atoms with Gasteiger partial charge in [-0.05, 0) is 46.0 Å². The molecule has 2 aliphatic rings. The lowest BCUT2D eigenvalue weighted by atomic mass is 10.1. The van der Waals surface area contributed by atoms with Crippen LogP contribution in [-0.2, 0) is 14.8 Å². The number of aromatic nitrogens is 1. The average molecular weight is 516 g/mol. The number of nitrogens with zero attached hydrogens (tertiary/aromatic N) is 5. The minimum atomic E-state index is -3.64. The highest BCUT2D eigenvalue weighted by Gasteiger charge is 2.35. The zero-order chi connectivity index (χ0) is 26.0. The second kappa shape index (κ2) is 10.7. The van der Waals surface area contributed by atoms with E-state index in [1.165, 1.54) is 0 Å². The van der Waals surface area contributed by atoms with Crippen molar-refractivity contribution >= 4 is 38.8 Å². The van der Waals surface area contributed by atoms with Crippen molar-refractivity contribution < 1.29 is 13.2 Å². The van der Waals surface area contributed by atoms with Crippen molar-refractivity contribution in [1.29, 1.82) is 0 Å². The van der Waals surface area contributed by atoms with Crippen molar-refractivity contribution in [1.82, 2.24) is 19.5 Å². The molecule has 1 unspecified atom stereocenters. The molecular formula is C25H37N7O3S. The summed E-state index contributed by atoms with van der Waals surface area (Å²) < 4.78 is 28.6. The number of hydrogen-bond acceptors (Lipinski definition) is 8. The quantitative estimate of drug-likeness (QED) is 0.550. The van der Waals surface area contributed by atoms with Gasteiger partial charge >= 0.3 is 0 Å². The van der Waals surface area contributed by atoms with Gasteiger partial charge in [-0.15, -0.1) is 0 Å². The van der Waals surface area contributed by atoms with Crippen LogP contribution in [0.4, 0.5) is 22.9 Å². The summed E-state index contributed by atoms with van der Waals surface area (Å²) in [4.78, 5) is 25.6. The Kier molecular flexibility index (Phi) is 7.84. The van der Waals surface area contributed by atoms with Gasteiger partial charge in [0.15, 0.2) is 0 Å². The fourth-order valence-corrected chi connectivity index (χ4v) is 5.87. The highest BCUT2D eigenvalue weighted by atomic mass is 32.2. The van der Waals surface area contributed by atoms with Crippen LogP contribution in [0.15, 0.2) is 41.4 Å². The summed E-state index contributed by atoms with van der Waals surface area (Å²) in [6.07, 6.45) is 1.68. The summed E-state index contributed by atoms with van der Waals surface area (Å²) in [6.45, 7) is 11.0. The van der Waals surface area contributed by atoms with Crippen LogP contribution in [0.3, 0.4) is 0 Å². The Morgan fingerprint density at radius 2 is 1.81 bits per heavy atom. The third-order valence-corrected chi connectivity index (χ3v) is 8.35. The Morgan fingerprint density at radius 3 is 2.50 bits per heavy atom. The first kappa shape index (κ1) is 26.3. The normalized spacial score (nSPS) is 19.6. The molecule has 4 rings (SSSR count). The standard InChI is InChI=1S/C25H37N7O3S/c1-18(2)32-19(3)25(33)30(5)23-17-26-24(16-22(23)32)28-20-7-6-8-21(15-20)36(34,35)27-9-10-31-13-11-29(4)12-14-31/h6-8,15-19,27H,9-14H2,1-5H3,(H,26,28). The highest BCUT2D eigenvalue weighted by Crippen LogP contribution is 2.38. The number of fused-ring (bicyclic) bond motifs is 1. The lowest BCUT2D eigenvalue weighted by molar-refractivity contribution is -0.119. The highest BCUT2D eigenvalue weighted by molar-refractivity contribution is 7.89. The van der Waals surface area contributed by atoms with E-state index in [2.05, 4.69) is 50.6 Å². The minimum Gasteiger partial charge on any atom is -0.355 e. The van der Waals surface area contributed by atoms with E-state index in [4.69, 9.17) is 0 Å². The monoisotopic (exact) mass is 515 g/mol. The summed E-state index contributed by atoms with van der Waals surface area (Å²) >= 11 is 0. The SMILES string of the molecule is CC(C)N1c2cc(Nc3cccc(S(=O)(=O)NCCN4CCN(C)CC4)c3)ncc2N(C)C(=O)C1C. The Hall–Kier alpha value is -2.73. The van der Waals surface area contributed by atoms with Crippen LogP contribution in [0, 0.1) is 0 Å². The van der Waals surface area contributed by atoms with Gasteiger partial charge in [0.25, 0.3) is 0 Å². The number of likely N-dealkylation sites (N-methyl/N-ethyl adjacent to an activating group) is 2. The Morgan fingerprint density at radius 1 is 1.08 bits per heavy atom. The molecule has 0 bridgehead atoms. The zero-order valence-corrected chi connectivity index (χ0v) is 22.5. The Bertz CT molecular complexity index is 1200. The van der Waals surface area contributed by atoms with Crippen molar-refractivity contribution in [3.63, 3.8) is 0 Å². The van der Waals surface area contributed by atoms with E-state index in [-0.39, 0.29) is 22.9 Å². The number of benzene rings is 1. The van der Waals surface area contributed by atoms with Crippen molar-refractivity contribution in [2.75, 3.05) is 68.5 Å². The van der Waals surface area contributed by atoms with Crippen LogP contribution in [-0.4, -0.2) is 94.6 Å². The fraction of sp³-hybridized carbons (Fsp3) is 0.520. The number of carbonyl (C=O) groups excluding carboxylic acids is 1. The maximum absolute atomic E-state index is 12.9. The van der Waals surface area contributed by atoms with Gasteiger partial charge in [-0.2, -0.15) is 0 Å². The maximum Gasteiger partial charge on any atom is 0.249 e. The molecule has 2 aromatic rings. The number of anilines is 4. The van der Waals surface area contributed by atoms with Crippen LogP contribution in [0.25, 0.3) is 0 Å². The third kappa shape index (κ3) is 5.64. The first-order valence-corrected chi connectivity index (χ1v) is 13.9. The van der Waals surface area contributed by atoms with Crippen molar-refractivity contribution in [3.05, 3.63) is 36.5 Å². The molecule has 2 aliphatic heterocycles. The van der Waals surface area contributed by atoms with Crippen LogP contribution in [0.1, 0.15) is 20.8 Å². The largest absolute Gasteiger partial charge is 0.355 e. The van der Waals surface area contributed by atoms with Gasteiger partial charge in [-0.1, -0.05) is 6.07 Å². The lowest BCUT2D eigenvalue weighted by Crippen LogP contribution is -2.53. The van der Waals surface area contributed by atoms with Gasteiger partial charge < -0.3 is 20.0 Å². The number of nitrogens with one attached hydrogen (secondary N) is 2. The van der Waals surface area contributed by atoms with E-state index in [0.717, 1.165) is 37.6 Å². The van der Waals surface area contributed by atoms with Crippen LogP contribution >= 0.6 is 0 Å². The molecule has 0 radical (unpaired) electrons. The smallest absolute Gasteiger partial charge is 0.249 e. The minimum absolute atomic E-state index is 0.0248. The molecule has 1 atom stereocenters. The number of carbonyl (C=O) groups is 1. The summed E-state index contributed by atoms with van der Waals surface area (Å²) in [5.41, 5.74) is 2.28. The molecule has 2 N–H and O–H groups in total. The number of rotatable bonds is 8. The molecule has 1 aromatic heterocycles. The van der Waals surface area contributed by atoms with Gasteiger partial charge in [0.2, 0.25) is 15.9 Å².